The highest BCUT2D eigenvalue weighted by molar-refractivity contribution is 9.10. The van der Waals surface area contributed by atoms with Gasteiger partial charge in [-0.1, -0.05) is 36.7 Å². The summed E-state index contributed by atoms with van der Waals surface area (Å²) in [5.41, 5.74) is -0.655. The minimum Gasteiger partial charge on any atom is -0.354 e. The highest BCUT2D eigenvalue weighted by atomic mass is 79.9. The van der Waals surface area contributed by atoms with Gasteiger partial charge in [-0.25, -0.2) is 13.4 Å². The van der Waals surface area contributed by atoms with Crippen LogP contribution in [-0.2, 0) is 21.6 Å². The molecule has 3 aromatic rings. The van der Waals surface area contributed by atoms with Gasteiger partial charge in [0.25, 0.3) is 0 Å². The van der Waals surface area contributed by atoms with E-state index in [1.165, 1.54) is 21.0 Å². The standard InChI is InChI=1S/C21H23BrF3N5O2S/c1-20(2,3)16-12-18-26-17(21(23,24)25)13-19(30(18)27-16)28-8-10-29(11-9-28)33(31,32)15-6-4-14(22)5-7-15/h4-7,12-13H,8-11H2,1-3H3. The number of alkyl halides is 3. The van der Waals surface area contributed by atoms with Crippen LogP contribution in [0.25, 0.3) is 5.65 Å². The van der Waals surface area contributed by atoms with Crippen LogP contribution >= 0.6 is 15.9 Å². The molecule has 178 valence electrons. The number of halogens is 4. The van der Waals surface area contributed by atoms with E-state index in [2.05, 4.69) is 26.0 Å². The molecule has 0 saturated carbocycles. The fourth-order valence-corrected chi connectivity index (χ4v) is 5.30. The first kappa shape index (κ1) is 24.0. The van der Waals surface area contributed by atoms with Crippen molar-refractivity contribution < 1.29 is 21.6 Å². The predicted octanol–water partition coefficient (Wildman–Crippen LogP) is 4.32. The van der Waals surface area contributed by atoms with Gasteiger partial charge in [-0.2, -0.15) is 27.1 Å². The van der Waals surface area contributed by atoms with E-state index < -0.39 is 21.9 Å². The molecule has 2 aromatic heterocycles. The summed E-state index contributed by atoms with van der Waals surface area (Å²) in [4.78, 5) is 5.67. The first-order chi connectivity index (χ1) is 15.3. The minimum absolute atomic E-state index is 0.106. The second kappa shape index (κ2) is 8.24. The zero-order valence-corrected chi connectivity index (χ0v) is 20.7. The Labute approximate surface area is 198 Å². The van der Waals surface area contributed by atoms with Gasteiger partial charge in [-0.15, -0.1) is 0 Å². The van der Waals surface area contributed by atoms with E-state index >= 15 is 0 Å². The molecule has 0 N–H and O–H groups in total. The summed E-state index contributed by atoms with van der Waals surface area (Å²) in [5.74, 6) is 0.239. The third kappa shape index (κ3) is 4.73. The molecule has 0 aliphatic carbocycles. The SMILES string of the molecule is CC(C)(C)c1cc2nc(C(F)(F)F)cc(N3CCN(S(=O)(=O)c4ccc(Br)cc4)CC3)n2n1. The smallest absolute Gasteiger partial charge is 0.354 e. The maximum atomic E-state index is 13.5. The van der Waals surface area contributed by atoms with E-state index in [0.717, 1.165) is 10.5 Å². The Morgan fingerprint density at radius 3 is 2.09 bits per heavy atom. The van der Waals surface area contributed by atoms with Crippen molar-refractivity contribution in [2.45, 2.75) is 37.3 Å². The number of sulfonamides is 1. The number of rotatable bonds is 3. The minimum atomic E-state index is -4.62. The molecule has 7 nitrogen and oxygen atoms in total. The predicted molar refractivity (Wildman–Crippen MR) is 122 cm³/mol. The topological polar surface area (TPSA) is 70.8 Å². The molecule has 33 heavy (non-hydrogen) atoms. The Bertz CT molecular complexity index is 1280. The molecule has 0 radical (unpaired) electrons. The Balaban J connectivity index is 1.66. The second-order valence-corrected chi connectivity index (χ2v) is 11.7. The van der Waals surface area contributed by atoms with Crippen LogP contribution in [-0.4, -0.2) is 53.5 Å². The van der Waals surface area contributed by atoms with E-state index in [4.69, 9.17) is 0 Å². The van der Waals surface area contributed by atoms with Gasteiger partial charge in [0.15, 0.2) is 11.3 Å². The van der Waals surface area contributed by atoms with Crippen molar-refractivity contribution in [3.05, 3.63) is 52.3 Å². The molecular formula is C21H23BrF3N5O2S. The first-order valence-electron chi connectivity index (χ1n) is 10.3. The Kier molecular flexibility index (Phi) is 5.98. The molecular weight excluding hydrogens is 523 g/mol. The molecule has 0 bridgehead atoms. The van der Waals surface area contributed by atoms with Crippen molar-refractivity contribution in [1.82, 2.24) is 18.9 Å². The summed E-state index contributed by atoms with van der Waals surface area (Å²) in [7, 11) is -3.70. The lowest BCUT2D eigenvalue weighted by molar-refractivity contribution is -0.141. The van der Waals surface area contributed by atoms with Gasteiger partial charge in [0.2, 0.25) is 10.0 Å². The van der Waals surface area contributed by atoms with Crippen molar-refractivity contribution in [2.75, 3.05) is 31.1 Å². The van der Waals surface area contributed by atoms with Gasteiger partial charge in [0, 0.05) is 48.2 Å². The molecule has 1 aromatic carbocycles. The molecule has 1 aliphatic heterocycles. The van der Waals surface area contributed by atoms with Crippen molar-refractivity contribution in [3.63, 3.8) is 0 Å². The summed E-state index contributed by atoms with van der Waals surface area (Å²) >= 11 is 3.29. The Morgan fingerprint density at radius 1 is 0.939 bits per heavy atom. The molecule has 1 saturated heterocycles. The second-order valence-electron chi connectivity index (χ2n) is 8.89. The van der Waals surface area contributed by atoms with E-state index in [9.17, 15) is 21.6 Å². The molecule has 0 spiro atoms. The van der Waals surface area contributed by atoms with E-state index in [-0.39, 0.29) is 48.0 Å². The van der Waals surface area contributed by atoms with E-state index in [0.29, 0.717) is 5.69 Å². The summed E-state index contributed by atoms with van der Waals surface area (Å²) in [6.07, 6.45) is -4.62. The first-order valence-corrected chi connectivity index (χ1v) is 12.5. The monoisotopic (exact) mass is 545 g/mol. The summed E-state index contributed by atoms with van der Waals surface area (Å²) in [6, 6.07) is 8.88. The van der Waals surface area contributed by atoms with E-state index in [1.54, 1.807) is 23.1 Å². The van der Waals surface area contributed by atoms with Gasteiger partial charge in [-0.3, -0.25) is 0 Å². The number of aromatic nitrogens is 3. The zero-order valence-electron chi connectivity index (χ0n) is 18.3. The summed E-state index contributed by atoms with van der Waals surface area (Å²) in [6.45, 7) is 6.47. The molecule has 0 unspecified atom stereocenters. The van der Waals surface area contributed by atoms with Crippen LogP contribution < -0.4 is 4.90 Å². The van der Waals surface area contributed by atoms with Crippen LogP contribution in [0.4, 0.5) is 19.0 Å². The van der Waals surface area contributed by atoms with Gasteiger partial charge < -0.3 is 4.90 Å². The third-order valence-electron chi connectivity index (χ3n) is 5.48. The van der Waals surface area contributed by atoms with Gasteiger partial charge in [0.1, 0.15) is 5.82 Å². The molecule has 1 fully saturated rings. The lowest BCUT2D eigenvalue weighted by Crippen LogP contribution is -2.49. The molecule has 0 atom stereocenters. The van der Waals surface area contributed by atoms with Gasteiger partial charge in [0.05, 0.1) is 10.6 Å². The summed E-state index contributed by atoms with van der Waals surface area (Å²) < 4.78 is 70.1. The number of nitrogens with zero attached hydrogens (tertiary/aromatic N) is 5. The summed E-state index contributed by atoms with van der Waals surface area (Å²) in [5, 5.41) is 4.51. The van der Waals surface area contributed by atoms with E-state index in [1.807, 2.05) is 20.8 Å². The number of hydrogen-bond acceptors (Lipinski definition) is 5. The Morgan fingerprint density at radius 2 is 1.55 bits per heavy atom. The van der Waals surface area contributed by atoms with Crippen LogP contribution in [0.3, 0.4) is 0 Å². The number of fused-ring (bicyclic) bond motifs is 1. The van der Waals surface area contributed by atoms with Crippen molar-refractivity contribution in [3.8, 4) is 0 Å². The fourth-order valence-electron chi connectivity index (χ4n) is 3.61. The van der Waals surface area contributed by atoms with Crippen molar-refractivity contribution in [2.24, 2.45) is 0 Å². The van der Waals surface area contributed by atoms with Gasteiger partial charge >= 0.3 is 6.18 Å². The maximum Gasteiger partial charge on any atom is 0.433 e. The number of piperazine rings is 1. The molecule has 0 amide bonds. The molecule has 3 heterocycles. The lowest BCUT2D eigenvalue weighted by atomic mass is 9.93. The number of anilines is 1. The van der Waals surface area contributed by atoms with Crippen LogP contribution in [0, 0.1) is 0 Å². The number of hydrogen-bond donors (Lipinski definition) is 0. The molecule has 4 rings (SSSR count). The maximum absolute atomic E-state index is 13.5. The average Bonchev–Trinajstić information content (AvgIpc) is 3.18. The Hall–Kier alpha value is -2.18. The van der Waals surface area contributed by atoms with Crippen LogP contribution in [0.15, 0.2) is 45.8 Å². The highest BCUT2D eigenvalue weighted by Gasteiger charge is 2.36. The zero-order chi connectivity index (χ0) is 24.2. The van der Waals surface area contributed by atoms with Crippen LogP contribution in [0.1, 0.15) is 32.2 Å². The molecule has 12 heteroatoms. The van der Waals surface area contributed by atoms with Crippen molar-refractivity contribution in [1.29, 1.82) is 0 Å². The fraction of sp³-hybridized carbons (Fsp3) is 0.429. The number of benzene rings is 1. The van der Waals surface area contributed by atoms with Crippen LogP contribution in [0.5, 0.6) is 0 Å². The largest absolute Gasteiger partial charge is 0.433 e. The van der Waals surface area contributed by atoms with Crippen LogP contribution in [0.2, 0.25) is 0 Å². The van der Waals surface area contributed by atoms with Gasteiger partial charge in [-0.05, 0) is 24.3 Å². The normalized spacial score (nSPS) is 16.5. The average molecular weight is 546 g/mol. The van der Waals surface area contributed by atoms with Crippen molar-refractivity contribution >= 4 is 37.4 Å². The quantitative estimate of drug-likeness (QED) is 0.490. The highest BCUT2D eigenvalue weighted by Crippen LogP contribution is 2.33. The third-order valence-corrected chi connectivity index (χ3v) is 7.92. The molecule has 1 aliphatic rings. The lowest BCUT2D eigenvalue weighted by Gasteiger charge is -2.35.